The van der Waals surface area contributed by atoms with Crippen LogP contribution >= 0.6 is 0 Å². The highest BCUT2D eigenvalue weighted by Crippen LogP contribution is 2.17. The number of hydrogen-bond donors (Lipinski definition) is 0. The molecule has 0 amide bonds. The molecular formula is C21H18N4O2. The van der Waals surface area contributed by atoms with Crippen LogP contribution in [0.1, 0.15) is 21.5 Å². The van der Waals surface area contributed by atoms with Crippen molar-refractivity contribution >= 4 is 16.8 Å². The fourth-order valence-corrected chi connectivity index (χ4v) is 2.98. The Morgan fingerprint density at radius 2 is 1.81 bits per heavy atom. The minimum Gasteiger partial charge on any atom is -0.292 e. The molecular weight excluding hydrogens is 340 g/mol. The summed E-state index contributed by atoms with van der Waals surface area (Å²) in [4.78, 5) is 29.6. The van der Waals surface area contributed by atoms with Crippen molar-refractivity contribution in [3.05, 3.63) is 88.1 Å². The fourth-order valence-electron chi connectivity index (χ4n) is 2.98. The Kier molecular flexibility index (Phi) is 4.16. The highest BCUT2D eigenvalue weighted by Gasteiger charge is 2.14. The number of carbonyl (C=O) groups excluding carboxylic acids is 1. The van der Waals surface area contributed by atoms with Crippen molar-refractivity contribution in [2.75, 3.05) is 0 Å². The molecule has 0 saturated heterocycles. The van der Waals surface area contributed by atoms with Crippen molar-refractivity contribution in [2.45, 2.75) is 20.4 Å². The number of fused-ring (bicyclic) bond motifs is 1. The van der Waals surface area contributed by atoms with Gasteiger partial charge in [0, 0.05) is 5.56 Å². The molecule has 0 radical (unpaired) electrons. The number of nitrogens with zero attached hydrogens (tertiary/aromatic N) is 4. The first-order chi connectivity index (χ1) is 13.0. The molecule has 0 unspecified atom stereocenters. The van der Waals surface area contributed by atoms with E-state index in [4.69, 9.17) is 0 Å². The SMILES string of the molecule is Cc1ccc(-n2ncc3c(=O)n(CC(=O)c4ccccc4)cnc32)cc1C. The predicted molar refractivity (Wildman–Crippen MR) is 103 cm³/mol. The van der Waals surface area contributed by atoms with Gasteiger partial charge in [0.1, 0.15) is 11.7 Å². The summed E-state index contributed by atoms with van der Waals surface area (Å²) in [6.45, 7) is 4.02. The van der Waals surface area contributed by atoms with E-state index in [9.17, 15) is 9.59 Å². The Morgan fingerprint density at radius 3 is 2.56 bits per heavy atom. The quantitative estimate of drug-likeness (QED) is 0.526. The van der Waals surface area contributed by atoms with Gasteiger partial charge >= 0.3 is 0 Å². The molecule has 0 N–H and O–H groups in total. The smallest absolute Gasteiger partial charge is 0.264 e. The molecule has 0 saturated carbocycles. The number of benzene rings is 2. The molecule has 6 nitrogen and oxygen atoms in total. The van der Waals surface area contributed by atoms with E-state index in [1.807, 2.05) is 38.1 Å². The number of rotatable bonds is 4. The maximum Gasteiger partial charge on any atom is 0.264 e. The summed E-state index contributed by atoms with van der Waals surface area (Å²) in [6, 6.07) is 14.9. The van der Waals surface area contributed by atoms with E-state index in [-0.39, 0.29) is 17.9 Å². The molecule has 0 atom stereocenters. The summed E-state index contributed by atoms with van der Waals surface area (Å²) in [6.07, 6.45) is 2.91. The third kappa shape index (κ3) is 3.06. The highest BCUT2D eigenvalue weighted by molar-refractivity contribution is 5.95. The molecule has 4 rings (SSSR count). The number of hydrogen-bond acceptors (Lipinski definition) is 4. The van der Waals surface area contributed by atoms with Crippen LogP contribution in [0.2, 0.25) is 0 Å². The van der Waals surface area contributed by atoms with Gasteiger partial charge in [-0.3, -0.25) is 14.2 Å². The lowest BCUT2D eigenvalue weighted by atomic mass is 10.1. The van der Waals surface area contributed by atoms with Gasteiger partial charge in [-0.1, -0.05) is 36.4 Å². The van der Waals surface area contributed by atoms with Gasteiger partial charge in [0.05, 0.1) is 18.4 Å². The Labute approximate surface area is 155 Å². The van der Waals surface area contributed by atoms with Gasteiger partial charge in [-0.2, -0.15) is 5.10 Å². The van der Waals surface area contributed by atoms with Crippen molar-refractivity contribution in [2.24, 2.45) is 0 Å². The summed E-state index contributed by atoms with van der Waals surface area (Å²) in [5.41, 5.74) is 3.93. The lowest BCUT2D eigenvalue weighted by molar-refractivity contribution is 0.0970. The van der Waals surface area contributed by atoms with Crippen molar-refractivity contribution in [3.63, 3.8) is 0 Å². The summed E-state index contributed by atoms with van der Waals surface area (Å²) < 4.78 is 2.97. The number of aromatic nitrogens is 4. The number of Topliss-reactive ketones (excluding diaryl/α,β-unsaturated/α-hetero) is 1. The first-order valence-corrected chi connectivity index (χ1v) is 8.63. The number of aryl methyl sites for hydroxylation is 2. The van der Waals surface area contributed by atoms with Gasteiger partial charge in [-0.05, 0) is 37.1 Å². The standard InChI is InChI=1S/C21H18N4O2/c1-14-8-9-17(10-15(14)2)25-20-18(11-23-25)21(27)24(13-22-20)12-19(26)16-6-4-3-5-7-16/h3-11,13H,12H2,1-2H3. The molecule has 2 aromatic heterocycles. The molecule has 2 aromatic carbocycles. The van der Waals surface area contributed by atoms with E-state index in [0.29, 0.717) is 16.6 Å². The van der Waals surface area contributed by atoms with Crippen molar-refractivity contribution in [3.8, 4) is 5.69 Å². The van der Waals surface area contributed by atoms with Crippen LogP contribution in [0.5, 0.6) is 0 Å². The van der Waals surface area contributed by atoms with Crippen molar-refractivity contribution in [1.82, 2.24) is 19.3 Å². The molecule has 0 bridgehead atoms. The third-order valence-electron chi connectivity index (χ3n) is 4.70. The van der Waals surface area contributed by atoms with E-state index in [2.05, 4.69) is 10.1 Å². The van der Waals surface area contributed by atoms with Gasteiger partial charge in [0.25, 0.3) is 5.56 Å². The number of carbonyl (C=O) groups is 1. The van der Waals surface area contributed by atoms with Crippen molar-refractivity contribution < 1.29 is 4.79 Å². The summed E-state index contributed by atoms with van der Waals surface area (Å²) in [5.74, 6) is -0.139. The molecule has 27 heavy (non-hydrogen) atoms. The minimum absolute atomic E-state index is 0.0550. The van der Waals surface area contributed by atoms with E-state index in [1.54, 1.807) is 28.9 Å². The maximum atomic E-state index is 12.8. The zero-order valence-electron chi connectivity index (χ0n) is 15.1. The normalized spacial score (nSPS) is 11.0. The van der Waals surface area contributed by atoms with Gasteiger partial charge in [-0.25, -0.2) is 9.67 Å². The van der Waals surface area contributed by atoms with Crippen LogP contribution in [-0.4, -0.2) is 25.1 Å². The molecule has 4 aromatic rings. The highest BCUT2D eigenvalue weighted by atomic mass is 16.1. The Bertz CT molecular complexity index is 1210. The fraction of sp³-hybridized carbons (Fsp3) is 0.143. The van der Waals surface area contributed by atoms with Gasteiger partial charge in [-0.15, -0.1) is 0 Å². The first kappa shape index (κ1) is 16.9. The molecule has 0 aliphatic carbocycles. The average molecular weight is 358 g/mol. The van der Waals surface area contributed by atoms with Crippen LogP contribution in [0.4, 0.5) is 0 Å². The summed E-state index contributed by atoms with van der Waals surface area (Å²) in [5, 5.41) is 4.72. The molecule has 0 aliphatic rings. The molecule has 2 heterocycles. The van der Waals surface area contributed by atoms with Gasteiger partial charge < -0.3 is 0 Å². The molecule has 0 aliphatic heterocycles. The second-order valence-electron chi connectivity index (χ2n) is 6.53. The Morgan fingerprint density at radius 1 is 1.04 bits per heavy atom. The second-order valence-corrected chi connectivity index (χ2v) is 6.53. The van der Waals surface area contributed by atoms with Crippen LogP contribution in [0.3, 0.4) is 0 Å². The lowest BCUT2D eigenvalue weighted by Gasteiger charge is -2.07. The summed E-state index contributed by atoms with van der Waals surface area (Å²) >= 11 is 0. The average Bonchev–Trinajstić information content (AvgIpc) is 3.12. The van der Waals surface area contributed by atoms with E-state index in [1.165, 1.54) is 22.7 Å². The topological polar surface area (TPSA) is 69.8 Å². The van der Waals surface area contributed by atoms with E-state index < -0.39 is 0 Å². The summed E-state index contributed by atoms with van der Waals surface area (Å²) in [7, 11) is 0. The zero-order valence-corrected chi connectivity index (χ0v) is 15.1. The van der Waals surface area contributed by atoms with Crippen LogP contribution in [-0.2, 0) is 6.54 Å². The van der Waals surface area contributed by atoms with E-state index >= 15 is 0 Å². The molecule has 0 spiro atoms. The Hall–Kier alpha value is -3.54. The predicted octanol–water partition coefficient (Wildman–Crippen LogP) is 3.08. The molecule has 134 valence electrons. The maximum absolute atomic E-state index is 12.8. The minimum atomic E-state index is -0.278. The van der Waals surface area contributed by atoms with Crippen LogP contribution in [0, 0.1) is 13.8 Å². The van der Waals surface area contributed by atoms with Gasteiger partial charge in [0.15, 0.2) is 11.4 Å². The zero-order chi connectivity index (χ0) is 19.0. The van der Waals surface area contributed by atoms with Crippen LogP contribution in [0.25, 0.3) is 16.7 Å². The molecule has 6 heteroatoms. The van der Waals surface area contributed by atoms with Crippen LogP contribution in [0.15, 0.2) is 65.8 Å². The molecule has 0 fully saturated rings. The van der Waals surface area contributed by atoms with Crippen LogP contribution < -0.4 is 5.56 Å². The number of ketones is 1. The largest absolute Gasteiger partial charge is 0.292 e. The monoisotopic (exact) mass is 358 g/mol. The third-order valence-corrected chi connectivity index (χ3v) is 4.70. The van der Waals surface area contributed by atoms with E-state index in [0.717, 1.165) is 11.3 Å². The van der Waals surface area contributed by atoms with Gasteiger partial charge in [0.2, 0.25) is 0 Å². The first-order valence-electron chi connectivity index (χ1n) is 8.63. The van der Waals surface area contributed by atoms with Crippen molar-refractivity contribution in [1.29, 1.82) is 0 Å². The Balaban J connectivity index is 1.72. The lowest BCUT2D eigenvalue weighted by Crippen LogP contribution is -2.24. The second kappa shape index (κ2) is 6.64.